The molecule has 0 saturated carbocycles. The van der Waals surface area contributed by atoms with E-state index in [0.717, 1.165) is 38.8 Å². The van der Waals surface area contributed by atoms with Crippen LogP contribution in [0.3, 0.4) is 0 Å². The van der Waals surface area contributed by atoms with E-state index in [2.05, 4.69) is 21.3 Å². The average molecular weight is 302 g/mol. The molecule has 2 amide bonds. The van der Waals surface area contributed by atoms with Crippen molar-refractivity contribution >= 4 is 23.2 Å². The maximum absolute atomic E-state index is 12.2. The fourth-order valence-electron chi connectivity index (χ4n) is 2.96. The minimum absolute atomic E-state index is 0.0433. The summed E-state index contributed by atoms with van der Waals surface area (Å²) in [5, 5.41) is 12.2. The average Bonchev–Trinajstić information content (AvgIpc) is 3.23. The molecule has 0 bridgehead atoms. The smallest absolute Gasteiger partial charge is 0.241 e. The Bertz CT molecular complexity index is 500. The summed E-state index contributed by atoms with van der Waals surface area (Å²) in [6, 6.07) is 7.04. The number of carbonyl (C=O) groups excluding carboxylic acids is 2. The molecule has 2 heterocycles. The minimum atomic E-state index is -0.139. The third-order valence-electron chi connectivity index (χ3n) is 4.20. The number of hydrogen-bond donors (Lipinski definition) is 4. The van der Waals surface area contributed by atoms with Gasteiger partial charge in [-0.15, -0.1) is 0 Å². The van der Waals surface area contributed by atoms with Crippen LogP contribution in [0.1, 0.15) is 25.7 Å². The molecule has 0 aromatic heterocycles. The van der Waals surface area contributed by atoms with Gasteiger partial charge in [-0.25, -0.2) is 0 Å². The lowest BCUT2D eigenvalue weighted by Gasteiger charge is -2.16. The number of rotatable bonds is 4. The van der Waals surface area contributed by atoms with Gasteiger partial charge >= 0.3 is 0 Å². The Hall–Kier alpha value is -1.92. The Kier molecular flexibility index (Phi) is 4.70. The third-order valence-corrected chi connectivity index (χ3v) is 4.20. The van der Waals surface area contributed by atoms with Gasteiger partial charge in [0, 0.05) is 0 Å². The molecule has 6 heteroatoms. The predicted octanol–water partition coefficient (Wildman–Crippen LogP) is 1.07. The second-order valence-corrected chi connectivity index (χ2v) is 5.82. The van der Waals surface area contributed by atoms with Gasteiger partial charge in [-0.3, -0.25) is 9.59 Å². The number of hydrogen-bond acceptors (Lipinski definition) is 4. The molecule has 0 spiro atoms. The highest BCUT2D eigenvalue weighted by Gasteiger charge is 2.24. The molecule has 2 aliphatic rings. The number of benzene rings is 1. The summed E-state index contributed by atoms with van der Waals surface area (Å²) in [4.78, 5) is 24.4. The van der Waals surface area contributed by atoms with Crippen molar-refractivity contribution in [2.45, 2.75) is 37.8 Å². The Balaban J connectivity index is 1.66. The van der Waals surface area contributed by atoms with Crippen LogP contribution >= 0.6 is 0 Å². The van der Waals surface area contributed by atoms with Crippen molar-refractivity contribution in [3.63, 3.8) is 0 Å². The first-order valence-corrected chi connectivity index (χ1v) is 7.91. The molecule has 2 unspecified atom stereocenters. The number of anilines is 2. The van der Waals surface area contributed by atoms with E-state index in [0.29, 0.717) is 11.4 Å². The lowest BCUT2D eigenvalue weighted by atomic mass is 10.2. The lowest BCUT2D eigenvalue weighted by molar-refractivity contribution is -0.118. The zero-order valence-corrected chi connectivity index (χ0v) is 12.5. The summed E-state index contributed by atoms with van der Waals surface area (Å²) < 4.78 is 0. The van der Waals surface area contributed by atoms with Crippen molar-refractivity contribution in [3.8, 4) is 0 Å². The molecular weight excluding hydrogens is 280 g/mol. The van der Waals surface area contributed by atoms with Gasteiger partial charge in [0.25, 0.3) is 0 Å². The van der Waals surface area contributed by atoms with Crippen LogP contribution < -0.4 is 21.3 Å². The first-order chi connectivity index (χ1) is 10.7. The molecule has 22 heavy (non-hydrogen) atoms. The van der Waals surface area contributed by atoms with Gasteiger partial charge in [-0.2, -0.15) is 0 Å². The molecule has 2 fully saturated rings. The lowest BCUT2D eigenvalue weighted by Crippen LogP contribution is -2.37. The van der Waals surface area contributed by atoms with Gasteiger partial charge in [-0.1, -0.05) is 12.1 Å². The monoisotopic (exact) mass is 302 g/mol. The number of para-hydroxylation sites is 2. The van der Waals surface area contributed by atoms with Crippen molar-refractivity contribution in [2.24, 2.45) is 0 Å². The summed E-state index contributed by atoms with van der Waals surface area (Å²) in [5.74, 6) is -0.0867. The molecule has 4 N–H and O–H groups in total. The van der Waals surface area contributed by atoms with Crippen LogP contribution in [0, 0.1) is 0 Å². The molecule has 6 nitrogen and oxygen atoms in total. The van der Waals surface area contributed by atoms with Gasteiger partial charge in [-0.05, 0) is 50.9 Å². The Labute approximate surface area is 130 Å². The highest BCUT2D eigenvalue weighted by atomic mass is 16.2. The second kappa shape index (κ2) is 6.89. The molecule has 2 saturated heterocycles. The molecule has 118 valence electrons. The van der Waals surface area contributed by atoms with Gasteiger partial charge < -0.3 is 21.3 Å². The van der Waals surface area contributed by atoms with E-state index in [1.807, 2.05) is 24.3 Å². The minimum Gasteiger partial charge on any atom is -0.323 e. The SMILES string of the molecule is O=C(Nc1ccccc1NC(=O)C1CCCN1)C1CCCN1. The zero-order valence-electron chi connectivity index (χ0n) is 12.5. The van der Waals surface area contributed by atoms with E-state index in [9.17, 15) is 9.59 Å². The Morgan fingerprint density at radius 3 is 1.68 bits per heavy atom. The molecular formula is C16H22N4O2. The predicted molar refractivity (Wildman–Crippen MR) is 85.8 cm³/mol. The van der Waals surface area contributed by atoms with Gasteiger partial charge in [0.15, 0.2) is 0 Å². The molecule has 0 radical (unpaired) electrons. The van der Waals surface area contributed by atoms with E-state index >= 15 is 0 Å². The van der Waals surface area contributed by atoms with Crippen LogP contribution in [0.4, 0.5) is 11.4 Å². The van der Waals surface area contributed by atoms with E-state index in [4.69, 9.17) is 0 Å². The van der Waals surface area contributed by atoms with E-state index in [1.165, 1.54) is 0 Å². The summed E-state index contributed by atoms with van der Waals surface area (Å²) in [6.07, 6.45) is 3.74. The summed E-state index contributed by atoms with van der Waals surface area (Å²) in [7, 11) is 0. The van der Waals surface area contributed by atoms with Crippen LogP contribution in [-0.4, -0.2) is 37.0 Å². The first kappa shape index (κ1) is 15.0. The zero-order chi connectivity index (χ0) is 15.4. The van der Waals surface area contributed by atoms with Crippen LogP contribution in [-0.2, 0) is 9.59 Å². The fourth-order valence-corrected chi connectivity index (χ4v) is 2.96. The highest BCUT2D eigenvalue weighted by molar-refractivity contribution is 6.02. The number of amides is 2. The van der Waals surface area contributed by atoms with Gasteiger partial charge in [0.2, 0.25) is 11.8 Å². The quantitative estimate of drug-likeness (QED) is 0.670. The van der Waals surface area contributed by atoms with Crippen LogP contribution in [0.15, 0.2) is 24.3 Å². The van der Waals surface area contributed by atoms with Crippen LogP contribution in [0.2, 0.25) is 0 Å². The summed E-state index contributed by atoms with van der Waals surface area (Å²) in [6.45, 7) is 1.76. The standard InChI is InChI=1S/C16H22N4O2/c21-15(13-7-3-9-17-13)19-11-5-1-2-6-12(11)20-16(22)14-8-4-10-18-14/h1-2,5-6,13-14,17-18H,3-4,7-10H2,(H,19,21)(H,20,22). The van der Waals surface area contributed by atoms with E-state index in [-0.39, 0.29) is 23.9 Å². The first-order valence-electron chi connectivity index (χ1n) is 7.91. The molecule has 1 aromatic rings. The third kappa shape index (κ3) is 3.45. The Morgan fingerprint density at radius 2 is 1.32 bits per heavy atom. The number of carbonyl (C=O) groups is 2. The van der Waals surface area contributed by atoms with Gasteiger partial charge in [0.05, 0.1) is 23.5 Å². The largest absolute Gasteiger partial charge is 0.323 e. The van der Waals surface area contributed by atoms with Crippen molar-refractivity contribution in [2.75, 3.05) is 23.7 Å². The molecule has 0 aliphatic carbocycles. The van der Waals surface area contributed by atoms with Crippen LogP contribution in [0.5, 0.6) is 0 Å². The number of nitrogens with one attached hydrogen (secondary N) is 4. The van der Waals surface area contributed by atoms with Crippen molar-refractivity contribution in [1.82, 2.24) is 10.6 Å². The van der Waals surface area contributed by atoms with Crippen molar-refractivity contribution in [3.05, 3.63) is 24.3 Å². The maximum atomic E-state index is 12.2. The fraction of sp³-hybridized carbons (Fsp3) is 0.500. The molecule has 2 aliphatic heterocycles. The summed E-state index contributed by atoms with van der Waals surface area (Å²) in [5.41, 5.74) is 1.29. The summed E-state index contributed by atoms with van der Waals surface area (Å²) >= 11 is 0. The molecule has 3 rings (SSSR count). The molecule has 2 atom stereocenters. The normalized spacial score (nSPS) is 24.2. The van der Waals surface area contributed by atoms with Crippen molar-refractivity contribution < 1.29 is 9.59 Å². The van der Waals surface area contributed by atoms with Crippen LogP contribution in [0.25, 0.3) is 0 Å². The second-order valence-electron chi connectivity index (χ2n) is 5.82. The van der Waals surface area contributed by atoms with Gasteiger partial charge in [0.1, 0.15) is 0 Å². The molecule has 1 aromatic carbocycles. The Morgan fingerprint density at radius 1 is 0.864 bits per heavy atom. The topological polar surface area (TPSA) is 82.3 Å². The maximum Gasteiger partial charge on any atom is 0.241 e. The highest BCUT2D eigenvalue weighted by Crippen LogP contribution is 2.22. The van der Waals surface area contributed by atoms with Crippen molar-refractivity contribution in [1.29, 1.82) is 0 Å². The van der Waals surface area contributed by atoms with E-state index in [1.54, 1.807) is 0 Å². The van der Waals surface area contributed by atoms with E-state index < -0.39 is 0 Å².